The van der Waals surface area contributed by atoms with Gasteiger partial charge >= 0.3 is 0 Å². The Morgan fingerprint density at radius 2 is 1.48 bits per heavy atom. The molecule has 0 bridgehead atoms. The molecule has 0 N–H and O–H groups in total. The predicted octanol–water partition coefficient (Wildman–Crippen LogP) is 2.21. The van der Waals surface area contributed by atoms with E-state index in [0.29, 0.717) is 0 Å². The lowest BCUT2D eigenvalue weighted by Gasteiger charge is -2.40. The van der Waals surface area contributed by atoms with E-state index in [1.807, 2.05) is 48.5 Å². The van der Waals surface area contributed by atoms with Crippen molar-refractivity contribution in [2.45, 2.75) is 66.2 Å². The summed E-state index contributed by atoms with van der Waals surface area (Å²) in [7, 11) is -5.70. The van der Waals surface area contributed by atoms with E-state index in [1.165, 1.54) is 6.26 Å². The van der Waals surface area contributed by atoms with Crippen LogP contribution in [0.5, 0.6) is 0 Å². The van der Waals surface area contributed by atoms with E-state index in [1.54, 1.807) is 10.6 Å². The molecule has 23 heavy (non-hydrogen) atoms. The minimum atomic E-state index is -3.22. The quantitative estimate of drug-likeness (QED) is 0.646. The Kier molecular flexibility index (Phi) is 7.38. The number of rotatable bonds is 7. The fourth-order valence-corrected chi connectivity index (χ4v) is 4.66. The molecule has 0 aromatic carbocycles. The van der Waals surface area contributed by atoms with Crippen LogP contribution in [0.2, 0.25) is 0 Å². The second kappa shape index (κ2) is 7.42. The number of nitrogens with zero attached hydrogens (tertiary/aromatic N) is 1. The Balaban J connectivity index is 5.52. The third-order valence-electron chi connectivity index (χ3n) is 3.69. The van der Waals surface area contributed by atoms with Crippen molar-refractivity contribution >= 4 is 25.4 Å². The summed E-state index contributed by atoms with van der Waals surface area (Å²) >= 11 is 0. The minimum Gasteiger partial charge on any atom is -0.372 e. The van der Waals surface area contributed by atoms with Crippen molar-refractivity contribution in [3.8, 4) is 0 Å². The first kappa shape index (κ1) is 22.9. The van der Waals surface area contributed by atoms with Crippen molar-refractivity contribution in [1.29, 1.82) is 0 Å². The molecule has 0 radical (unpaired) electrons. The summed E-state index contributed by atoms with van der Waals surface area (Å²) < 4.78 is 43.8. The summed E-state index contributed by atoms with van der Waals surface area (Å²) in [4.78, 5) is 0. The van der Waals surface area contributed by atoms with Crippen LogP contribution in [0, 0.1) is 5.41 Å². The summed E-state index contributed by atoms with van der Waals surface area (Å²) in [6, 6.07) is 0. The van der Waals surface area contributed by atoms with Gasteiger partial charge < -0.3 is 4.74 Å². The summed E-state index contributed by atoms with van der Waals surface area (Å²) in [5.74, 6) is 3.66. The summed E-state index contributed by atoms with van der Waals surface area (Å²) in [6.07, 6.45) is 2.08. The molecule has 3 atom stereocenters. The van der Waals surface area contributed by atoms with Gasteiger partial charge in [0.2, 0.25) is 0 Å². The monoisotopic (exact) mass is 369 g/mol. The molecular formula is C16H35NO4S2. The summed E-state index contributed by atoms with van der Waals surface area (Å²) in [5, 5.41) is 0. The van der Waals surface area contributed by atoms with E-state index in [2.05, 4.69) is 5.87 Å². The number of ether oxygens (including phenoxy) is 1. The molecule has 0 aliphatic heterocycles. The average molecular weight is 370 g/mol. The number of sulfone groups is 1. The van der Waals surface area contributed by atoms with E-state index in [4.69, 9.17) is 4.74 Å². The van der Waals surface area contributed by atoms with Crippen molar-refractivity contribution in [3.05, 3.63) is 0 Å². The highest BCUT2D eigenvalue weighted by Gasteiger charge is 2.33. The molecule has 0 saturated carbocycles. The third-order valence-corrected chi connectivity index (χ3v) is 6.30. The Morgan fingerprint density at radius 3 is 1.74 bits per heavy atom. The highest BCUT2D eigenvalue weighted by molar-refractivity contribution is 7.97. The summed E-state index contributed by atoms with van der Waals surface area (Å²) in [5.41, 5.74) is -0.516. The van der Waals surface area contributed by atoms with Gasteiger partial charge in [0.1, 0.15) is 9.84 Å². The zero-order valence-electron chi connectivity index (χ0n) is 16.2. The van der Waals surface area contributed by atoms with E-state index < -0.39 is 31.2 Å². The van der Waals surface area contributed by atoms with E-state index in [9.17, 15) is 12.6 Å². The molecule has 1 unspecified atom stereocenters. The van der Waals surface area contributed by atoms with Crippen LogP contribution in [0.3, 0.4) is 0 Å². The van der Waals surface area contributed by atoms with Crippen molar-refractivity contribution in [2.24, 2.45) is 5.41 Å². The number of hydrogen-bond donors (Lipinski definition) is 0. The molecule has 0 aliphatic carbocycles. The van der Waals surface area contributed by atoms with Crippen LogP contribution in [-0.4, -0.2) is 65.4 Å². The molecular weight excluding hydrogens is 334 g/mol. The molecule has 0 heterocycles. The lowest BCUT2D eigenvalue weighted by Crippen LogP contribution is -2.51. The van der Waals surface area contributed by atoms with Crippen LogP contribution in [-0.2, 0) is 24.3 Å². The lowest BCUT2D eigenvalue weighted by molar-refractivity contribution is -0.0551. The fraction of sp³-hybridized carbons (Fsp3) is 0.938. The van der Waals surface area contributed by atoms with Gasteiger partial charge in [0.05, 0.1) is 18.0 Å². The smallest absolute Gasteiger partial charge is 0.150 e. The fourth-order valence-electron chi connectivity index (χ4n) is 2.16. The highest BCUT2D eigenvalue weighted by atomic mass is 32.2. The van der Waals surface area contributed by atoms with Gasteiger partial charge in [-0.1, -0.05) is 20.8 Å². The Labute approximate surface area is 143 Å². The van der Waals surface area contributed by atoms with Crippen LogP contribution in [0.4, 0.5) is 0 Å². The van der Waals surface area contributed by atoms with Crippen LogP contribution in [0.1, 0.15) is 48.5 Å². The zero-order valence-corrected chi connectivity index (χ0v) is 17.8. The molecule has 0 spiro atoms. The molecule has 0 aromatic rings. The standard InChI is InChI=1S/C16H35NO4S2/c1-13(15(2,3)4)21-14(12-23(10,19)20)11-17(16(5,6)7)22(8,9)18/h13-14H,8,11-12H2,1-7,9-10H3/t13-,14-,22?/m0/s1. The van der Waals surface area contributed by atoms with Gasteiger partial charge in [-0.3, -0.25) is 4.21 Å². The van der Waals surface area contributed by atoms with Gasteiger partial charge in [-0.2, -0.15) is 0 Å². The average Bonchev–Trinajstić information content (AvgIpc) is 2.18. The lowest BCUT2D eigenvalue weighted by atomic mass is 9.90. The van der Waals surface area contributed by atoms with Gasteiger partial charge in [0.25, 0.3) is 0 Å². The Morgan fingerprint density at radius 1 is 1.04 bits per heavy atom. The first-order valence-electron chi connectivity index (χ1n) is 7.77. The van der Waals surface area contributed by atoms with Gasteiger partial charge in [0.15, 0.2) is 0 Å². The Hall–Kier alpha value is -0.110. The Bertz CT molecular complexity index is 581. The second-order valence-corrected chi connectivity index (χ2v) is 13.1. The van der Waals surface area contributed by atoms with Crippen LogP contribution in [0.25, 0.3) is 0 Å². The van der Waals surface area contributed by atoms with Gasteiger partial charge in [-0.05, 0) is 39.0 Å². The van der Waals surface area contributed by atoms with Gasteiger partial charge in [0, 0.05) is 34.3 Å². The molecule has 7 heteroatoms. The molecule has 0 amide bonds. The molecule has 0 aromatic heterocycles. The minimum absolute atomic E-state index is 0.102. The van der Waals surface area contributed by atoms with E-state index >= 15 is 0 Å². The maximum absolute atomic E-state index is 12.5. The van der Waals surface area contributed by atoms with Crippen molar-refractivity contribution in [2.75, 3.05) is 24.8 Å². The van der Waals surface area contributed by atoms with E-state index in [0.717, 1.165) is 0 Å². The second-order valence-electron chi connectivity index (χ2n) is 8.55. The predicted molar refractivity (Wildman–Crippen MR) is 101 cm³/mol. The van der Waals surface area contributed by atoms with Crippen molar-refractivity contribution < 1.29 is 17.4 Å². The maximum atomic E-state index is 12.5. The third kappa shape index (κ3) is 9.08. The van der Waals surface area contributed by atoms with Crippen molar-refractivity contribution in [3.63, 3.8) is 0 Å². The van der Waals surface area contributed by atoms with Crippen LogP contribution in [0.15, 0.2) is 0 Å². The van der Waals surface area contributed by atoms with Crippen LogP contribution < -0.4 is 0 Å². The molecule has 5 nitrogen and oxygen atoms in total. The first-order chi connectivity index (χ1) is 9.84. The highest BCUT2D eigenvalue weighted by Crippen LogP contribution is 2.25. The topological polar surface area (TPSA) is 63.7 Å². The largest absolute Gasteiger partial charge is 0.372 e. The van der Waals surface area contributed by atoms with Gasteiger partial charge in [-0.25, -0.2) is 12.7 Å². The van der Waals surface area contributed by atoms with Crippen LogP contribution >= 0.6 is 0 Å². The molecule has 0 fully saturated rings. The maximum Gasteiger partial charge on any atom is 0.150 e. The van der Waals surface area contributed by atoms with Crippen molar-refractivity contribution in [1.82, 2.24) is 4.31 Å². The number of hydrogen-bond acceptors (Lipinski definition) is 4. The van der Waals surface area contributed by atoms with Gasteiger partial charge in [-0.15, -0.1) is 0 Å². The normalized spacial score (nSPS) is 19.4. The molecule has 140 valence electrons. The molecule has 0 aliphatic rings. The van der Waals surface area contributed by atoms with E-state index in [-0.39, 0.29) is 23.8 Å². The first-order valence-corrected chi connectivity index (χ1v) is 11.9. The molecule has 0 rings (SSSR count). The molecule has 0 saturated heterocycles. The SMILES string of the molecule is C=S(C)(=O)N(C[C@@H](CS(C)(=O)=O)O[C@@H](C)C(C)(C)C)C(C)(C)C. The summed E-state index contributed by atoms with van der Waals surface area (Å²) in [6.45, 7) is 14.1. The zero-order chi connectivity index (χ0) is 18.9.